The number of hydrogen-bond donors (Lipinski definition) is 6. The molecule has 1 atom stereocenters. The number of aliphatic hydroxyl groups excluding tert-OH is 2. The molecule has 3 aromatic rings. The Morgan fingerprint density at radius 3 is 2.50 bits per heavy atom. The van der Waals surface area contributed by atoms with Gasteiger partial charge in [0.05, 0.1) is 27.6 Å². The second kappa shape index (κ2) is 16.6. The van der Waals surface area contributed by atoms with Crippen LogP contribution in [0.2, 0.25) is 5.02 Å². The summed E-state index contributed by atoms with van der Waals surface area (Å²) in [6.07, 6.45) is 0.935. The zero-order valence-corrected chi connectivity index (χ0v) is 28.3. The van der Waals surface area contributed by atoms with Crippen molar-refractivity contribution in [1.82, 2.24) is 9.97 Å². The van der Waals surface area contributed by atoms with E-state index in [-0.39, 0.29) is 58.5 Å². The third kappa shape index (κ3) is 11.0. The van der Waals surface area contributed by atoms with Gasteiger partial charge in [0.15, 0.2) is 11.6 Å². The lowest BCUT2D eigenvalue weighted by Gasteiger charge is -2.20. The summed E-state index contributed by atoms with van der Waals surface area (Å²) in [4.78, 5) is 22.2. The number of hydrogen-bond acceptors (Lipinski definition) is 8. The van der Waals surface area contributed by atoms with E-state index in [0.717, 1.165) is 0 Å². The Kier molecular flexibility index (Phi) is 12.9. The van der Waals surface area contributed by atoms with E-state index < -0.39 is 11.7 Å². The van der Waals surface area contributed by atoms with Gasteiger partial charge in [-0.15, -0.1) is 0 Å². The van der Waals surface area contributed by atoms with E-state index in [0.29, 0.717) is 62.8 Å². The summed E-state index contributed by atoms with van der Waals surface area (Å²) in [5, 5.41) is 26.3. The van der Waals surface area contributed by atoms with Crippen molar-refractivity contribution < 1.29 is 38.3 Å². The molecule has 0 radical (unpaired) electrons. The molecule has 11 nitrogen and oxygen atoms in total. The van der Waals surface area contributed by atoms with Crippen LogP contribution in [0.3, 0.4) is 0 Å². The first kappa shape index (κ1) is 35.7. The van der Waals surface area contributed by atoms with Crippen LogP contribution in [0.4, 0.5) is 21.6 Å². The van der Waals surface area contributed by atoms with Crippen molar-refractivity contribution in [2.24, 2.45) is 5.92 Å². The zero-order valence-electron chi connectivity index (χ0n) is 25.8. The quantitative estimate of drug-likeness (QED) is 0.0874. The van der Waals surface area contributed by atoms with Gasteiger partial charge in [-0.25, -0.2) is 9.37 Å². The van der Waals surface area contributed by atoms with Gasteiger partial charge in [-0.3, -0.25) is 4.79 Å². The predicted octanol–water partition coefficient (Wildman–Crippen LogP) is 6.02. The number of carbonyl (C=O) groups is 1. The van der Waals surface area contributed by atoms with Gasteiger partial charge in [0, 0.05) is 5.69 Å². The average molecular weight is 697 g/mol. The number of aromatic nitrogens is 2. The number of nitrogens with zero attached hydrogens (tertiary/aromatic N) is 2. The Hall–Kier alpha value is -3.11. The standard InChI is InChI=1S/C31H38ClFN4O7S2/c1-18(38)45-15-21(16-46-19(2)39)29(40)37-27-28(34-17-35-30(27)42-13-24-14-43-31(3,4)44-24)36-23-8-9-26(25(32)11-23)41-12-20-6-5-7-22(33)10-20/h5-11,17,21,24,38-39,45-46H,12-16H2,1-4H3,(H,37,40)(H,34,35,36)/t24-/m0/s1. The fourth-order valence-corrected chi connectivity index (χ4v) is 6.25. The summed E-state index contributed by atoms with van der Waals surface area (Å²) in [5.41, 5.74) is 1.37. The number of carbonyl (C=O) groups excluding carboxylic acids is 1. The molecule has 1 amide bonds. The average Bonchev–Trinajstić information content (AvgIpc) is 3.34. The molecular weight excluding hydrogens is 659 g/mol. The molecule has 0 bridgehead atoms. The highest BCUT2D eigenvalue weighted by Gasteiger charge is 2.33. The van der Waals surface area contributed by atoms with Gasteiger partial charge in [0.1, 0.15) is 42.9 Å². The second-order valence-corrected chi connectivity index (χ2v) is 13.9. The minimum absolute atomic E-state index is 0.101. The smallest absolute Gasteiger partial charge is 0.243 e. The van der Waals surface area contributed by atoms with E-state index in [2.05, 4.69) is 20.6 Å². The lowest BCUT2D eigenvalue weighted by Crippen LogP contribution is -2.28. The number of aliphatic hydroxyl groups is 2. The number of halogens is 2. The number of thiol groups is 2. The first-order chi connectivity index (χ1) is 21.9. The molecule has 1 saturated heterocycles. The molecule has 0 spiro atoms. The Morgan fingerprint density at radius 1 is 1.13 bits per heavy atom. The van der Waals surface area contributed by atoms with Crippen molar-refractivity contribution in [2.75, 3.05) is 35.4 Å². The molecule has 250 valence electrons. The van der Waals surface area contributed by atoms with E-state index in [1.54, 1.807) is 44.2 Å². The van der Waals surface area contributed by atoms with Gasteiger partial charge in [-0.1, -0.05) is 23.7 Å². The van der Waals surface area contributed by atoms with E-state index >= 15 is 0 Å². The first-order valence-corrected chi connectivity index (χ1v) is 16.9. The molecule has 0 unspecified atom stereocenters. The van der Waals surface area contributed by atoms with Gasteiger partial charge in [-0.05, 0) is 75.1 Å². The molecule has 1 fully saturated rings. The highest BCUT2D eigenvalue weighted by molar-refractivity contribution is 7.99. The van der Waals surface area contributed by atoms with Gasteiger partial charge in [-0.2, -0.15) is 27.7 Å². The number of benzene rings is 2. The number of amides is 1. The minimum Gasteiger partial charge on any atom is -0.487 e. The van der Waals surface area contributed by atoms with Crippen LogP contribution in [-0.4, -0.2) is 72.8 Å². The van der Waals surface area contributed by atoms with Gasteiger partial charge < -0.3 is 39.8 Å². The Balaban J connectivity index is 1.57. The molecule has 2 aromatic carbocycles. The second-order valence-electron chi connectivity index (χ2n) is 10.8. The number of rotatable bonds is 14. The molecule has 1 aliphatic rings. The highest BCUT2D eigenvalue weighted by Crippen LogP contribution is 2.35. The summed E-state index contributed by atoms with van der Waals surface area (Å²) in [6, 6.07) is 11.1. The Labute approximate surface area is 279 Å². The third-order valence-electron chi connectivity index (χ3n) is 6.46. The van der Waals surface area contributed by atoms with E-state index in [4.69, 9.17) is 30.5 Å². The lowest BCUT2D eigenvalue weighted by atomic mass is 10.2. The molecule has 1 aromatic heterocycles. The summed E-state index contributed by atoms with van der Waals surface area (Å²) < 4.78 is 36.8. The molecule has 4 N–H and O–H groups in total. The van der Waals surface area contributed by atoms with Crippen molar-refractivity contribution in [3.8, 4) is 11.6 Å². The SMILES string of the molecule is CC(O)=[SH]CC(C[SH]=C(C)O)C(=O)Nc1c(Nc2ccc(OCc3cccc(F)c3)c(Cl)c2)ncnc1OC[C@H]1COC(C)(C)O1. The summed E-state index contributed by atoms with van der Waals surface area (Å²) in [7, 11) is 0. The topological polar surface area (TPSA) is 144 Å². The molecule has 15 heteroatoms. The molecule has 2 heterocycles. The largest absolute Gasteiger partial charge is 0.487 e. The lowest BCUT2D eigenvalue weighted by molar-refractivity contribution is -0.141. The zero-order chi connectivity index (χ0) is 33.3. The minimum atomic E-state index is -0.745. The first-order valence-electron chi connectivity index (χ1n) is 14.3. The monoisotopic (exact) mass is 696 g/mol. The Bertz CT molecular complexity index is 1570. The maximum Gasteiger partial charge on any atom is 0.243 e. The predicted molar refractivity (Wildman–Crippen MR) is 184 cm³/mol. The summed E-state index contributed by atoms with van der Waals surface area (Å²) in [6.45, 7) is 7.30. The molecule has 46 heavy (non-hydrogen) atoms. The van der Waals surface area contributed by atoms with E-state index in [1.165, 1.54) is 18.5 Å². The van der Waals surface area contributed by atoms with Gasteiger partial charge >= 0.3 is 0 Å². The van der Waals surface area contributed by atoms with Gasteiger partial charge in [0.25, 0.3) is 0 Å². The highest BCUT2D eigenvalue weighted by atomic mass is 35.5. The molecule has 1 aliphatic heterocycles. The van der Waals surface area contributed by atoms with Crippen LogP contribution in [0, 0.1) is 11.7 Å². The molecule has 0 aliphatic carbocycles. The maximum absolute atomic E-state index is 13.6. The van der Waals surface area contributed by atoms with Crippen LogP contribution in [0.1, 0.15) is 33.3 Å². The van der Waals surface area contributed by atoms with Crippen molar-refractivity contribution in [3.05, 3.63) is 65.2 Å². The maximum atomic E-state index is 13.6. The van der Waals surface area contributed by atoms with Crippen LogP contribution in [0.25, 0.3) is 0 Å². The third-order valence-corrected chi connectivity index (χ3v) is 8.92. The number of anilines is 3. The van der Waals surface area contributed by atoms with E-state index in [9.17, 15) is 19.4 Å². The van der Waals surface area contributed by atoms with Crippen molar-refractivity contribution in [3.63, 3.8) is 0 Å². The normalized spacial score (nSPS) is 17.3. The van der Waals surface area contributed by atoms with Gasteiger partial charge in [0.2, 0.25) is 11.8 Å². The van der Waals surface area contributed by atoms with E-state index in [1.807, 2.05) is 13.8 Å². The fraction of sp³-hybridized carbons (Fsp3) is 0.387. The Morgan fingerprint density at radius 2 is 1.87 bits per heavy atom. The van der Waals surface area contributed by atoms with Crippen molar-refractivity contribution in [1.29, 1.82) is 0 Å². The summed E-state index contributed by atoms with van der Waals surface area (Å²) in [5.74, 6) is -0.649. The number of ether oxygens (including phenoxy) is 4. The van der Waals surface area contributed by atoms with Crippen LogP contribution >= 0.6 is 34.3 Å². The van der Waals surface area contributed by atoms with Crippen LogP contribution in [0.5, 0.6) is 11.6 Å². The number of nitrogens with one attached hydrogen (secondary N) is 2. The van der Waals surface area contributed by atoms with Crippen LogP contribution in [0.15, 0.2) is 48.8 Å². The van der Waals surface area contributed by atoms with Crippen LogP contribution in [-0.2, 0) is 20.9 Å². The summed E-state index contributed by atoms with van der Waals surface area (Å²) >= 11 is 7.70. The fourth-order valence-electron chi connectivity index (χ4n) is 4.26. The van der Waals surface area contributed by atoms with Crippen molar-refractivity contribution in [2.45, 2.75) is 46.2 Å². The van der Waals surface area contributed by atoms with Crippen molar-refractivity contribution >= 4 is 67.5 Å². The van der Waals surface area contributed by atoms with Crippen LogP contribution < -0.4 is 20.1 Å². The molecule has 4 rings (SSSR count). The molecular formula is C31H38ClFN4O7S2. The molecule has 0 saturated carbocycles.